The molecule has 0 aliphatic heterocycles. The Morgan fingerprint density at radius 3 is 2.00 bits per heavy atom. The van der Waals surface area contributed by atoms with E-state index in [9.17, 15) is 0 Å². The molecule has 0 radical (unpaired) electrons. The van der Waals surface area contributed by atoms with Crippen LogP contribution in [0, 0.1) is 17.8 Å². The average Bonchev–Trinajstić information content (AvgIpc) is 3.98. The normalized spacial score (nSPS) is 25.0. The van der Waals surface area contributed by atoms with Gasteiger partial charge in [-0.1, -0.05) is 156 Å². The standard InChI is InChI=1S/C55H53N/c1-4-36-32-35-16-13-17-37(33-35)55(36)46-24-10-6-19-40(46)42-21-14-27-50(52(42)55)56(38-28-29-41-39-18-5-8-22-44(39)53(2,3)48(41)34-38)49-26-15-25-47-51(49)43-20-7-9-23-45(43)54(47)30-11-12-31-54/h5-10,14-15,18-29,34-37H,4,11-13,16-17,30-33H2,1-3H3. The van der Waals surface area contributed by atoms with E-state index in [4.69, 9.17) is 0 Å². The minimum Gasteiger partial charge on any atom is -0.310 e. The van der Waals surface area contributed by atoms with Crippen molar-refractivity contribution in [1.29, 1.82) is 0 Å². The lowest BCUT2D eigenvalue weighted by Gasteiger charge is -2.54. The van der Waals surface area contributed by atoms with E-state index in [2.05, 4.69) is 153 Å². The summed E-state index contributed by atoms with van der Waals surface area (Å²) in [5.74, 6) is 2.14. The zero-order chi connectivity index (χ0) is 37.4. The van der Waals surface area contributed by atoms with Crippen molar-refractivity contribution < 1.29 is 0 Å². The summed E-state index contributed by atoms with van der Waals surface area (Å²) in [5, 5.41) is 0. The Balaban J connectivity index is 1.18. The van der Waals surface area contributed by atoms with Crippen LogP contribution < -0.4 is 4.90 Å². The third-order valence-electron chi connectivity index (χ3n) is 16.3. The maximum absolute atomic E-state index is 2.77. The number of fused-ring (bicyclic) bond motifs is 16. The molecule has 6 aliphatic rings. The Bertz CT molecular complexity index is 2580. The van der Waals surface area contributed by atoms with Gasteiger partial charge in [0.1, 0.15) is 0 Å². The third kappa shape index (κ3) is 4.12. The van der Waals surface area contributed by atoms with E-state index in [1.165, 1.54) is 126 Å². The van der Waals surface area contributed by atoms with Crippen LogP contribution in [0.15, 0.2) is 127 Å². The zero-order valence-electron chi connectivity index (χ0n) is 33.4. The highest BCUT2D eigenvalue weighted by Gasteiger charge is 2.58. The van der Waals surface area contributed by atoms with Gasteiger partial charge in [0.25, 0.3) is 0 Å². The summed E-state index contributed by atoms with van der Waals surface area (Å²) in [6.45, 7) is 7.37. The van der Waals surface area contributed by atoms with Crippen LogP contribution in [0.1, 0.15) is 118 Å². The van der Waals surface area contributed by atoms with Gasteiger partial charge in [0, 0.05) is 27.5 Å². The molecule has 12 rings (SSSR count). The van der Waals surface area contributed by atoms with Crippen LogP contribution in [0.2, 0.25) is 0 Å². The molecular formula is C55H53N. The maximum atomic E-state index is 2.77. The van der Waals surface area contributed by atoms with E-state index in [1.807, 2.05) is 0 Å². The minimum absolute atomic E-state index is 0.00120. The number of hydrogen-bond donors (Lipinski definition) is 0. The predicted molar refractivity (Wildman–Crippen MR) is 233 cm³/mol. The molecule has 6 aromatic carbocycles. The number of benzene rings is 6. The molecule has 0 amide bonds. The quantitative estimate of drug-likeness (QED) is 0.175. The van der Waals surface area contributed by atoms with Crippen LogP contribution in [0.4, 0.5) is 17.1 Å². The molecule has 0 N–H and O–H groups in total. The van der Waals surface area contributed by atoms with Crippen molar-refractivity contribution in [1.82, 2.24) is 0 Å². The summed E-state index contributed by atoms with van der Waals surface area (Å²) in [4.78, 5) is 2.77. The van der Waals surface area contributed by atoms with E-state index < -0.39 is 0 Å². The lowest BCUT2D eigenvalue weighted by molar-refractivity contribution is 0.0560. The van der Waals surface area contributed by atoms with Crippen LogP contribution in [0.5, 0.6) is 0 Å². The Morgan fingerprint density at radius 1 is 0.554 bits per heavy atom. The summed E-state index contributed by atoms with van der Waals surface area (Å²) >= 11 is 0. The van der Waals surface area contributed by atoms with E-state index >= 15 is 0 Å². The molecule has 3 saturated carbocycles. The number of anilines is 3. The Morgan fingerprint density at radius 2 is 1.20 bits per heavy atom. The molecule has 6 aliphatic carbocycles. The van der Waals surface area contributed by atoms with Crippen molar-refractivity contribution in [2.75, 3.05) is 4.90 Å². The molecule has 2 spiro atoms. The van der Waals surface area contributed by atoms with Gasteiger partial charge < -0.3 is 4.90 Å². The highest BCUT2D eigenvalue weighted by Crippen LogP contribution is 2.68. The van der Waals surface area contributed by atoms with Crippen LogP contribution in [0.25, 0.3) is 33.4 Å². The fraction of sp³-hybridized carbons (Fsp3) is 0.345. The van der Waals surface area contributed by atoms with Gasteiger partial charge in [-0.3, -0.25) is 0 Å². The molecular weight excluding hydrogens is 675 g/mol. The fourth-order valence-electron chi connectivity index (χ4n) is 14.2. The van der Waals surface area contributed by atoms with Gasteiger partial charge in [0.05, 0.1) is 11.4 Å². The predicted octanol–water partition coefficient (Wildman–Crippen LogP) is 14.8. The molecule has 1 nitrogen and oxygen atoms in total. The zero-order valence-corrected chi connectivity index (χ0v) is 33.4. The van der Waals surface area contributed by atoms with Crippen LogP contribution in [-0.4, -0.2) is 0 Å². The Hall–Kier alpha value is -4.88. The molecule has 0 heterocycles. The third-order valence-corrected chi connectivity index (χ3v) is 16.3. The minimum atomic E-state index is -0.0867. The van der Waals surface area contributed by atoms with Gasteiger partial charge in [0.15, 0.2) is 0 Å². The first-order valence-electron chi connectivity index (χ1n) is 22.0. The Labute approximate surface area is 333 Å². The maximum Gasteiger partial charge on any atom is 0.0543 e. The van der Waals surface area contributed by atoms with E-state index in [1.54, 1.807) is 22.3 Å². The van der Waals surface area contributed by atoms with E-state index in [-0.39, 0.29) is 16.2 Å². The van der Waals surface area contributed by atoms with Gasteiger partial charge in [0.2, 0.25) is 0 Å². The molecule has 56 heavy (non-hydrogen) atoms. The molecule has 6 aromatic rings. The first kappa shape index (κ1) is 33.3. The first-order valence-corrected chi connectivity index (χ1v) is 22.0. The highest BCUT2D eigenvalue weighted by atomic mass is 15.2. The van der Waals surface area contributed by atoms with Gasteiger partial charge in [-0.2, -0.15) is 0 Å². The van der Waals surface area contributed by atoms with Crippen molar-refractivity contribution in [3.8, 4) is 33.4 Å². The largest absolute Gasteiger partial charge is 0.310 e. The van der Waals surface area contributed by atoms with Gasteiger partial charge >= 0.3 is 0 Å². The summed E-state index contributed by atoms with van der Waals surface area (Å²) in [6, 6.07) is 50.5. The number of nitrogens with zero attached hydrogens (tertiary/aromatic N) is 1. The molecule has 0 saturated heterocycles. The number of hydrogen-bond acceptors (Lipinski definition) is 1. The van der Waals surface area contributed by atoms with Crippen molar-refractivity contribution in [3.63, 3.8) is 0 Å². The molecule has 1 heteroatoms. The second-order valence-corrected chi connectivity index (χ2v) is 19.0. The second-order valence-electron chi connectivity index (χ2n) is 19.0. The first-order chi connectivity index (χ1) is 27.5. The summed E-state index contributed by atoms with van der Waals surface area (Å²) in [6.07, 6.45) is 13.1. The average molecular weight is 728 g/mol. The van der Waals surface area contributed by atoms with Crippen molar-refractivity contribution >= 4 is 17.1 Å². The van der Waals surface area contributed by atoms with Gasteiger partial charge in [-0.05, 0) is 135 Å². The lowest BCUT2D eigenvalue weighted by atomic mass is 9.49. The molecule has 4 unspecified atom stereocenters. The molecule has 4 atom stereocenters. The molecule has 0 aromatic heterocycles. The summed E-state index contributed by atoms with van der Waals surface area (Å²) in [7, 11) is 0. The van der Waals surface area contributed by atoms with E-state index in [0.717, 1.165) is 5.92 Å². The van der Waals surface area contributed by atoms with Crippen molar-refractivity contribution in [2.24, 2.45) is 17.8 Å². The summed E-state index contributed by atoms with van der Waals surface area (Å²) < 4.78 is 0. The molecule has 3 fully saturated rings. The van der Waals surface area contributed by atoms with Crippen molar-refractivity contribution in [2.45, 2.75) is 101 Å². The second kappa shape index (κ2) is 11.8. The van der Waals surface area contributed by atoms with Gasteiger partial charge in [-0.15, -0.1) is 0 Å². The van der Waals surface area contributed by atoms with E-state index in [0.29, 0.717) is 11.8 Å². The number of rotatable bonds is 4. The smallest absolute Gasteiger partial charge is 0.0543 e. The van der Waals surface area contributed by atoms with Crippen molar-refractivity contribution in [3.05, 3.63) is 161 Å². The SMILES string of the molecule is CCC1CC2CCCC(C2)C12c1ccccc1-c1cccc(N(c3ccc4c(c3)C(C)(C)c3ccccc3-4)c3cccc4c3-c3ccccc3C43CCCC3)c12. The highest BCUT2D eigenvalue weighted by molar-refractivity contribution is 5.99. The van der Waals surface area contributed by atoms with Crippen LogP contribution in [-0.2, 0) is 16.2 Å². The van der Waals surface area contributed by atoms with Crippen LogP contribution >= 0.6 is 0 Å². The monoisotopic (exact) mass is 727 g/mol. The van der Waals surface area contributed by atoms with Gasteiger partial charge in [-0.25, -0.2) is 0 Å². The molecule has 278 valence electrons. The summed E-state index contributed by atoms with van der Waals surface area (Å²) in [5.41, 5.74) is 21.9. The Kier molecular flexibility index (Phi) is 7.03. The lowest BCUT2D eigenvalue weighted by Crippen LogP contribution is -2.49. The molecule has 2 bridgehead atoms. The van der Waals surface area contributed by atoms with Crippen LogP contribution in [0.3, 0.4) is 0 Å². The fourth-order valence-corrected chi connectivity index (χ4v) is 14.2. The topological polar surface area (TPSA) is 3.24 Å².